The lowest BCUT2D eigenvalue weighted by atomic mass is 10.2. The van der Waals surface area contributed by atoms with Crippen molar-refractivity contribution >= 4 is 32.5 Å². The van der Waals surface area contributed by atoms with Gasteiger partial charge >= 0.3 is 0 Å². The third-order valence-electron chi connectivity index (χ3n) is 3.51. The van der Waals surface area contributed by atoms with Crippen LogP contribution in [-0.2, 0) is 10.0 Å². The van der Waals surface area contributed by atoms with Crippen molar-refractivity contribution in [3.05, 3.63) is 11.3 Å². The van der Waals surface area contributed by atoms with Gasteiger partial charge in [0.1, 0.15) is 5.00 Å². The van der Waals surface area contributed by atoms with E-state index in [0.717, 1.165) is 5.00 Å². The van der Waals surface area contributed by atoms with Crippen LogP contribution in [0.1, 0.15) is 22.5 Å². The average Bonchev–Trinajstić information content (AvgIpc) is 2.64. The van der Waals surface area contributed by atoms with Gasteiger partial charge < -0.3 is 10.2 Å². The Hall–Kier alpha value is -1.19. The summed E-state index contributed by atoms with van der Waals surface area (Å²) in [5.41, 5.74) is 1.30. The zero-order valence-electron chi connectivity index (χ0n) is 12.4. The van der Waals surface area contributed by atoms with Crippen molar-refractivity contribution in [1.29, 1.82) is 0 Å². The molecule has 0 spiro atoms. The Morgan fingerprint density at radius 3 is 2.62 bits per heavy atom. The van der Waals surface area contributed by atoms with Crippen LogP contribution in [0.15, 0.2) is 0 Å². The molecule has 9 heteroatoms. The van der Waals surface area contributed by atoms with Crippen molar-refractivity contribution in [3.63, 3.8) is 0 Å². The summed E-state index contributed by atoms with van der Waals surface area (Å²) in [6.07, 6.45) is 1.85. The van der Waals surface area contributed by atoms with Crippen LogP contribution in [0.4, 0.5) is 5.00 Å². The fourth-order valence-electron chi connectivity index (χ4n) is 2.38. The van der Waals surface area contributed by atoms with E-state index in [1.54, 1.807) is 11.9 Å². The van der Waals surface area contributed by atoms with Crippen LogP contribution in [0.5, 0.6) is 0 Å². The molecule has 2 heterocycles. The first-order valence-electron chi connectivity index (χ1n) is 6.73. The summed E-state index contributed by atoms with van der Waals surface area (Å²) in [6, 6.07) is 0. The molecule has 1 N–H and O–H groups in total. The maximum absolute atomic E-state index is 12.7. The highest BCUT2D eigenvalue weighted by Gasteiger charge is 2.27. The molecule has 21 heavy (non-hydrogen) atoms. The lowest BCUT2D eigenvalue weighted by Gasteiger charge is -2.21. The minimum Gasteiger partial charge on any atom is -0.378 e. The Morgan fingerprint density at radius 1 is 1.29 bits per heavy atom. The van der Waals surface area contributed by atoms with E-state index in [0.29, 0.717) is 43.9 Å². The van der Waals surface area contributed by atoms with Crippen molar-refractivity contribution in [2.24, 2.45) is 0 Å². The second kappa shape index (κ2) is 6.29. The number of hydrogen-bond donors (Lipinski definition) is 1. The SMILES string of the molecule is CNc1snc(C)c1C(=O)N1CCCN(S(C)(=O)=O)CC1. The molecule has 0 saturated carbocycles. The van der Waals surface area contributed by atoms with Crippen LogP contribution in [0.25, 0.3) is 0 Å². The van der Waals surface area contributed by atoms with Gasteiger partial charge in [0, 0.05) is 33.2 Å². The van der Waals surface area contributed by atoms with E-state index >= 15 is 0 Å². The first-order valence-corrected chi connectivity index (χ1v) is 9.35. The molecule has 0 atom stereocenters. The van der Waals surface area contributed by atoms with E-state index < -0.39 is 10.0 Å². The maximum Gasteiger partial charge on any atom is 0.258 e. The molecule has 7 nitrogen and oxygen atoms in total. The second-order valence-corrected chi connectivity index (χ2v) is 7.79. The van der Waals surface area contributed by atoms with E-state index in [1.807, 2.05) is 6.92 Å². The Kier molecular flexibility index (Phi) is 4.84. The van der Waals surface area contributed by atoms with Crippen LogP contribution < -0.4 is 5.32 Å². The molecule has 0 aromatic carbocycles. The molecule has 1 aliphatic heterocycles. The van der Waals surface area contributed by atoms with Gasteiger partial charge in [-0.05, 0) is 24.9 Å². The van der Waals surface area contributed by atoms with E-state index in [1.165, 1.54) is 22.1 Å². The van der Waals surface area contributed by atoms with Gasteiger partial charge in [0.05, 0.1) is 17.5 Å². The number of carbonyl (C=O) groups is 1. The molecular formula is C12H20N4O3S2. The molecule has 0 bridgehead atoms. The number of aromatic nitrogens is 1. The number of anilines is 1. The van der Waals surface area contributed by atoms with E-state index in [9.17, 15) is 13.2 Å². The van der Waals surface area contributed by atoms with Gasteiger partial charge in [0.25, 0.3) is 5.91 Å². The number of nitrogens with one attached hydrogen (secondary N) is 1. The quantitative estimate of drug-likeness (QED) is 0.876. The molecule has 0 unspecified atom stereocenters. The molecule has 1 saturated heterocycles. The summed E-state index contributed by atoms with van der Waals surface area (Å²) in [6.45, 7) is 3.58. The number of aryl methyl sites for hydroxylation is 1. The van der Waals surface area contributed by atoms with Gasteiger partial charge in [-0.1, -0.05) is 0 Å². The minimum absolute atomic E-state index is 0.0825. The number of carbonyl (C=O) groups excluding carboxylic acids is 1. The predicted octanol–water partition coefficient (Wildman–Crippen LogP) is 0.601. The lowest BCUT2D eigenvalue weighted by Crippen LogP contribution is -2.37. The van der Waals surface area contributed by atoms with Crippen molar-refractivity contribution < 1.29 is 13.2 Å². The van der Waals surface area contributed by atoms with E-state index in [2.05, 4.69) is 9.69 Å². The van der Waals surface area contributed by atoms with Gasteiger partial charge in [-0.2, -0.15) is 4.37 Å². The topological polar surface area (TPSA) is 82.6 Å². The molecule has 1 amide bonds. The molecule has 0 radical (unpaired) electrons. The average molecular weight is 332 g/mol. The van der Waals surface area contributed by atoms with Gasteiger partial charge in [0.15, 0.2) is 0 Å². The van der Waals surface area contributed by atoms with Crippen molar-refractivity contribution in [1.82, 2.24) is 13.6 Å². The molecule has 1 fully saturated rings. The zero-order chi connectivity index (χ0) is 15.6. The molecule has 2 rings (SSSR count). The monoisotopic (exact) mass is 332 g/mol. The van der Waals surface area contributed by atoms with Crippen LogP contribution >= 0.6 is 11.5 Å². The normalized spacial score (nSPS) is 17.6. The first kappa shape index (κ1) is 16.2. The summed E-state index contributed by atoms with van der Waals surface area (Å²) in [5, 5.41) is 3.74. The summed E-state index contributed by atoms with van der Waals surface area (Å²) < 4.78 is 28.8. The van der Waals surface area contributed by atoms with Gasteiger partial charge in [-0.3, -0.25) is 4.79 Å². The Bertz CT molecular complexity index is 626. The Labute approximate surface area is 129 Å². The molecule has 1 aromatic heterocycles. The zero-order valence-corrected chi connectivity index (χ0v) is 14.1. The number of sulfonamides is 1. The van der Waals surface area contributed by atoms with Crippen molar-refractivity contribution in [2.75, 3.05) is 44.8 Å². The van der Waals surface area contributed by atoms with Crippen LogP contribution in [0.3, 0.4) is 0 Å². The largest absolute Gasteiger partial charge is 0.378 e. The highest BCUT2D eigenvalue weighted by molar-refractivity contribution is 7.88. The van der Waals surface area contributed by atoms with Crippen LogP contribution in [0, 0.1) is 6.92 Å². The van der Waals surface area contributed by atoms with E-state index in [4.69, 9.17) is 0 Å². The fraction of sp³-hybridized carbons (Fsp3) is 0.667. The van der Waals surface area contributed by atoms with Gasteiger partial charge in [0.2, 0.25) is 10.0 Å². The third kappa shape index (κ3) is 3.53. The highest BCUT2D eigenvalue weighted by atomic mass is 32.2. The summed E-state index contributed by atoms with van der Waals surface area (Å²) >= 11 is 1.26. The number of rotatable bonds is 3. The molecule has 1 aliphatic rings. The molecule has 1 aromatic rings. The van der Waals surface area contributed by atoms with E-state index in [-0.39, 0.29) is 5.91 Å². The lowest BCUT2D eigenvalue weighted by molar-refractivity contribution is 0.0764. The summed E-state index contributed by atoms with van der Waals surface area (Å²) in [4.78, 5) is 14.4. The predicted molar refractivity (Wildman–Crippen MR) is 83.3 cm³/mol. The van der Waals surface area contributed by atoms with Gasteiger partial charge in [-0.15, -0.1) is 0 Å². The van der Waals surface area contributed by atoms with Crippen molar-refractivity contribution in [3.8, 4) is 0 Å². The van der Waals surface area contributed by atoms with Crippen LogP contribution in [0.2, 0.25) is 0 Å². The minimum atomic E-state index is -3.20. The maximum atomic E-state index is 12.7. The summed E-state index contributed by atoms with van der Waals surface area (Å²) in [5.74, 6) is -0.0825. The summed E-state index contributed by atoms with van der Waals surface area (Å²) in [7, 11) is -1.44. The third-order valence-corrected chi connectivity index (χ3v) is 5.77. The van der Waals surface area contributed by atoms with Crippen molar-refractivity contribution in [2.45, 2.75) is 13.3 Å². The van der Waals surface area contributed by atoms with Gasteiger partial charge in [-0.25, -0.2) is 12.7 Å². The standard InChI is InChI=1S/C12H20N4O3S2/c1-9-10(11(13-2)20-14-9)12(17)15-5-4-6-16(8-7-15)21(3,18)19/h13H,4-8H2,1-3H3. The fourth-order valence-corrected chi connectivity index (χ4v) is 3.99. The first-order chi connectivity index (χ1) is 9.84. The number of hydrogen-bond acceptors (Lipinski definition) is 6. The van der Waals surface area contributed by atoms with Crippen LogP contribution in [-0.4, -0.2) is 67.4 Å². The Morgan fingerprint density at radius 2 is 2.00 bits per heavy atom. The highest BCUT2D eigenvalue weighted by Crippen LogP contribution is 2.25. The molecule has 0 aliphatic carbocycles. The smallest absolute Gasteiger partial charge is 0.258 e. The molecule has 118 valence electrons. The number of nitrogens with zero attached hydrogens (tertiary/aromatic N) is 3. The number of amides is 1. The second-order valence-electron chi connectivity index (χ2n) is 5.03. The Balaban J connectivity index is 2.16. The molecular weight excluding hydrogens is 312 g/mol.